The van der Waals surface area contributed by atoms with E-state index >= 15 is 0 Å². The average molecular weight is 399 g/mol. The Morgan fingerprint density at radius 1 is 0.897 bits per heavy atom. The van der Waals surface area contributed by atoms with Crippen LogP contribution in [0.1, 0.15) is 31.7 Å². The first-order valence-electron chi connectivity index (χ1n) is 9.63. The highest BCUT2D eigenvalue weighted by atomic mass is 16.5. The molecule has 0 unspecified atom stereocenters. The van der Waals surface area contributed by atoms with E-state index in [1.54, 1.807) is 45.6 Å². The van der Waals surface area contributed by atoms with Crippen LogP contribution in [-0.2, 0) is 4.79 Å². The minimum Gasteiger partial charge on any atom is -0.493 e. The van der Waals surface area contributed by atoms with Crippen molar-refractivity contribution in [1.29, 1.82) is 0 Å². The maximum absolute atomic E-state index is 12.2. The Kier molecular flexibility index (Phi) is 8.89. The average Bonchev–Trinajstić information content (AvgIpc) is 2.75. The third-order valence-electron chi connectivity index (χ3n) is 4.27. The minimum absolute atomic E-state index is 0.254. The van der Waals surface area contributed by atoms with Gasteiger partial charge in [-0.25, -0.2) is 0 Å². The fourth-order valence-corrected chi connectivity index (χ4v) is 2.71. The summed E-state index contributed by atoms with van der Waals surface area (Å²) in [6, 6.07) is 10.8. The third-order valence-corrected chi connectivity index (χ3v) is 4.27. The number of nitrogens with one attached hydrogen (secondary N) is 1. The van der Waals surface area contributed by atoms with E-state index in [9.17, 15) is 4.79 Å². The molecule has 0 radical (unpaired) electrons. The first-order valence-corrected chi connectivity index (χ1v) is 9.63. The highest BCUT2D eigenvalue weighted by Crippen LogP contribution is 2.30. The summed E-state index contributed by atoms with van der Waals surface area (Å²) in [5, 5.41) is 2.80. The molecule has 29 heavy (non-hydrogen) atoms. The molecule has 6 heteroatoms. The molecule has 0 aliphatic heterocycles. The summed E-state index contributed by atoms with van der Waals surface area (Å²) in [5.41, 5.74) is 1.45. The zero-order valence-electron chi connectivity index (χ0n) is 17.5. The van der Waals surface area contributed by atoms with E-state index < -0.39 is 0 Å². The molecule has 6 nitrogen and oxygen atoms in total. The van der Waals surface area contributed by atoms with Crippen molar-refractivity contribution in [3.8, 4) is 23.0 Å². The summed E-state index contributed by atoms with van der Waals surface area (Å²) in [7, 11) is 4.72. The van der Waals surface area contributed by atoms with Crippen molar-refractivity contribution in [2.75, 3.05) is 33.3 Å². The highest BCUT2D eigenvalue weighted by Gasteiger charge is 2.07. The lowest BCUT2D eigenvalue weighted by Crippen LogP contribution is -2.08. The van der Waals surface area contributed by atoms with Crippen LogP contribution in [0.25, 0.3) is 6.08 Å². The summed E-state index contributed by atoms with van der Waals surface area (Å²) in [6.45, 7) is 2.82. The molecule has 0 aromatic heterocycles. The molecule has 0 bridgehead atoms. The minimum atomic E-state index is -0.254. The molecular weight excluding hydrogens is 370 g/mol. The van der Waals surface area contributed by atoms with Crippen LogP contribution in [0.4, 0.5) is 5.69 Å². The lowest BCUT2D eigenvalue weighted by molar-refractivity contribution is -0.111. The van der Waals surface area contributed by atoms with Crippen LogP contribution in [0, 0.1) is 0 Å². The first kappa shape index (κ1) is 22.1. The van der Waals surface area contributed by atoms with Gasteiger partial charge >= 0.3 is 0 Å². The second-order valence-corrected chi connectivity index (χ2v) is 6.36. The monoisotopic (exact) mass is 399 g/mol. The van der Waals surface area contributed by atoms with Crippen molar-refractivity contribution < 1.29 is 23.7 Å². The Hall–Kier alpha value is -3.15. The van der Waals surface area contributed by atoms with Gasteiger partial charge in [-0.3, -0.25) is 4.79 Å². The molecule has 156 valence electrons. The molecule has 0 saturated heterocycles. The lowest BCUT2D eigenvalue weighted by Gasteiger charge is -2.11. The van der Waals surface area contributed by atoms with E-state index in [1.807, 2.05) is 18.2 Å². The van der Waals surface area contributed by atoms with Gasteiger partial charge in [0, 0.05) is 17.8 Å². The van der Waals surface area contributed by atoms with Gasteiger partial charge in [0.05, 0.1) is 27.9 Å². The number of carbonyl (C=O) groups is 1. The van der Waals surface area contributed by atoms with E-state index in [1.165, 1.54) is 6.08 Å². The van der Waals surface area contributed by atoms with Gasteiger partial charge in [-0.05, 0) is 42.3 Å². The molecule has 0 saturated carbocycles. The van der Waals surface area contributed by atoms with Crippen LogP contribution in [-0.4, -0.2) is 33.8 Å². The maximum Gasteiger partial charge on any atom is 0.248 e. The SMILES string of the molecule is CCCCCOc1ccc(C=CC(=O)Nc2ccc(OC)c(OC)c2)cc1OC. The Morgan fingerprint density at radius 2 is 1.59 bits per heavy atom. The molecule has 0 spiro atoms. The maximum atomic E-state index is 12.2. The Labute approximate surface area is 172 Å². The van der Waals surface area contributed by atoms with Crippen molar-refractivity contribution >= 4 is 17.7 Å². The van der Waals surface area contributed by atoms with E-state index in [0.717, 1.165) is 24.8 Å². The molecule has 0 fully saturated rings. The van der Waals surface area contributed by atoms with Crippen molar-refractivity contribution in [1.82, 2.24) is 0 Å². The van der Waals surface area contributed by atoms with Gasteiger partial charge in [0.2, 0.25) is 5.91 Å². The Bertz CT molecular complexity index is 832. The summed E-state index contributed by atoms with van der Waals surface area (Å²) in [6.07, 6.45) is 6.48. The largest absolute Gasteiger partial charge is 0.493 e. The summed E-state index contributed by atoms with van der Waals surface area (Å²) in [5.74, 6) is 2.24. The zero-order valence-corrected chi connectivity index (χ0v) is 17.5. The molecule has 0 atom stereocenters. The first-order chi connectivity index (χ1) is 14.1. The molecule has 2 rings (SSSR count). The number of benzene rings is 2. The van der Waals surface area contributed by atoms with Crippen molar-refractivity contribution in [2.24, 2.45) is 0 Å². The molecular formula is C23H29NO5. The normalized spacial score (nSPS) is 10.6. The second kappa shape index (κ2) is 11.6. The van der Waals surface area contributed by atoms with Gasteiger partial charge in [0.15, 0.2) is 23.0 Å². The number of amides is 1. The quantitative estimate of drug-likeness (QED) is 0.429. The number of ether oxygens (including phenoxy) is 4. The Morgan fingerprint density at radius 3 is 2.28 bits per heavy atom. The fraction of sp³-hybridized carbons (Fsp3) is 0.348. The summed E-state index contributed by atoms with van der Waals surface area (Å²) < 4.78 is 21.6. The van der Waals surface area contributed by atoms with Crippen LogP contribution in [0.5, 0.6) is 23.0 Å². The number of hydrogen-bond acceptors (Lipinski definition) is 5. The standard InChI is InChI=1S/C23H29NO5/c1-5-6-7-14-29-20-11-8-17(15-21(20)27-3)9-13-23(25)24-18-10-12-19(26-2)22(16-18)28-4/h8-13,15-16H,5-7,14H2,1-4H3,(H,24,25). The number of carbonyl (C=O) groups excluding carboxylic acids is 1. The van der Waals surface area contributed by atoms with Gasteiger partial charge in [-0.2, -0.15) is 0 Å². The lowest BCUT2D eigenvalue weighted by atomic mass is 10.2. The molecule has 0 aliphatic rings. The fourth-order valence-electron chi connectivity index (χ4n) is 2.71. The third kappa shape index (κ3) is 6.75. The van der Waals surface area contributed by atoms with Gasteiger partial charge in [-0.15, -0.1) is 0 Å². The van der Waals surface area contributed by atoms with Crippen molar-refractivity contribution in [3.05, 3.63) is 48.0 Å². The smallest absolute Gasteiger partial charge is 0.248 e. The summed E-state index contributed by atoms with van der Waals surface area (Å²) in [4.78, 5) is 12.2. The predicted molar refractivity (Wildman–Crippen MR) is 115 cm³/mol. The molecule has 0 heterocycles. The highest BCUT2D eigenvalue weighted by molar-refractivity contribution is 6.02. The van der Waals surface area contributed by atoms with E-state index in [0.29, 0.717) is 35.3 Å². The molecule has 1 amide bonds. The van der Waals surface area contributed by atoms with Gasteiger partial charge in [-0.1, -0.05) is 25.8 Å². The second-order valence-electron chi connectivity index (χ2n) is 6.36. The van der Waals surface area contributed by atoms with Crippen molar-refractivity contribution in [3.63, 3.8) is 0 Å². The number of methoxy groups -OCH3 is 3. The molecule has 1 N–H and O–H groups in total. The van der Waals surface area contributed by atoms with Crippen LogP contribution in [0.2, 0.25) is 0 Å². The van der Waals surface area contributed by atoms with Crippen LogP contribution in [0.3, 0.4) is 0 Å². The van der Waals surface area contributed by atoms with Crippen molar-refractivity contribution in [2.45, 2.75) is 26.2 Å². The van der Waals surface area contributed by atoms with E-state index in [4.69, 9.17) is 18.9 Å². The van der Waals surface area contributed by atoms with Gasteiger partial charge < -0.3 is 24.3 Å². The number of unbranched alkanes of at least 4 members (excludes halogenated alkanes) is 2. The zero-order chi connectivity index (χ0) is 21.1. The molecule has 2 aromatic carbocycles. The topological polar surface area (TPSA) is 66.0 Å². The van der Waals surface area contributed by atoms with Crippen LogP contribution >= 0.6 is 0 Å². The van der Waals surface area contributed by atoms with Crippen LogP contribution in [0.15, 0.2) is 42.5 Å². The molecule has 0 aliphatic carbocycles. The number of hydrogen-bond donors (Lipinski definition) is 1. The number of rotatable bonds is 11. The van der Waals surface area contributed by atoms with Gasteiger partial charge in [0.25, 0.3) is 0 Å². The van der Waals surface area contributed by atoms with Crippen LogP contribution < -0.4 is 24.3 Å². The van der Waals surface area contributed by atoms with Gasteiger partial charge in [0.1, 0.15) is 0 Å². The molecule has 2 aromatic rings. The van der Waals surface area contributed by atoms with E-state index in [-0.39, 0.29) is 5.91 Å². The number of anilines is 1. The van der Waals surface area contributed by atoms with E-state index in [2.05, 4.69) is 12.2 Å². The predicted octanol–water partition coefficient (Wildman–Crippen LogP) is 4.93. The summed E-state index contributed by atoms with van der Waals surface area (Å²) >= 11 is 0. The Balaban J connectivity index is 2.00.